The molecule has 0 saturated carbocycles. The van der Waals surface area contributed by atoms with Gasteiger partial charge in [0.2, 0.25) is 17.7 Å². The summed E-state index contributed by atoms with van der Waals surface area (Å²) in [5.74, 6) is -1.29. The van der Waals surface area contributed by atoms with Crippen molar-refractivity contribution in [2.45, 2.75) is 57.5 Å². The summed E-state index contributed by atoms with van der Waals surface area (Å²) in [7, 11) is 0. The van der Waals surface area contributed by atoms with Crippen molar-refractivity contribution in [1.29, 1.82) is 0 Å². The monoisotopic (exact) mass is 315 g/mol. The Morgan fingerprint density at radius 1 is 0.864 bits per heavy atom. The molecule has 3 amide bonds. The summed E-state index contributed by atoms with van der Waals surface area (Å²) in [4.78, 5) is 34.8. The summed E-state index contributed by atoms with van der Waals surface area (Å²) in [5, 5.41) is 5.19. The molecule has 22 heavy (non-hydrogen) atoms. The van der Waals surface area contributed by atoms with E-state index < -0.39 is 23.9 Å². The number of nitrogens with two attached hydrogens (primary N) is 3. The van der Waals surface area contributed by atoms with Crippen LogP contribution in [0, 0.1) is 0 Å². The molecular weight excluding hydrogens is 286 g/mol. The molecule has 0 aliphatic rings. The topological polar surface area (TPSA) is 153 Å². The van der Waals surface area contributed by atoms with Crippen molar-refractivity contribution in [1.82, 2.24) is 10.6 Å². The van der Waals surface area contributed by atoms with Gasteiger partial charge >= 0.3 is 0 Å². The van der Waals surface area contributed by atoms with Gasteiger partial charge < -0.3 is 27.8 Å². The normalized spacial score (nSPS) is 13.2. The first kappa shape index (κ1) is 20.3. The number of rotatable bonds is 12. The van der Waals surface area contributed by atoms with Gasteiger partial charge in [-0.05, 0) is 51.6 Å². The molecule has 0 aliphatic heterocycles. The lowest BCUT2D eigenvalue weighted by molar-refractivity contribution is -0.131. The van der Waals surface area contributed by atoms with Crippen LogP contribution in [0.25, 0.3) is 0 Å². The number of carbonyl (C=O) groups is 3. The second-order valence-electron chi connectivity index (χ2n) is 5.29. The van der Waals surface area contributed by atoms with Crippen LogP contribution in [0.15, 0.2) is 0 Å². The lowest BCUT2D eigenvalue weighted by atomic mass is 10.1. The highest BCUT2D eigenvalue weighted by molar-refractivity contribution is 5.91. The van der Waals surface area contributed by atoms with Gasteiger partial charge in [-0.3, -0.25) is 14.4 Å². The molecule has 0 fully saturated rings. The van der Waals surface area contributed by atoms with Crippen LogP contribution < -0.4 is 27.8 Å². The fourth-order valence-electron chi connectivity index (χ4n) is 2.06. The summed E-state index contributed by atoms with van der Waals surface area (Å²) in [5.41, 5.74) is 16.1. The molecule has 0 rings (SSSR count). The zero-order chi connectivity index (χ0) is 17.0. The highest BCUT2D eigenvalue weighted by atomic mass is 16.2. The molecule has 0 bridgehead atoms. The molecule has 8 heteroatoms. The first-order valence-corrected chi connectivity index (χ1v) is 7.69. The summed E-state index contributed by atoms with van der Waals surface area (Å²) in [6.45, 7) is 2.39. The molecule has 0 unspecified atom stereocenters. The number of hydrogen-bond acceptors (Lipinski definition) is 5. The fourth-order valence-corrected chi connectivity index (χ4v) is 2.06. The van der Waals surface area contributed by atoms with E-state index in [-0.39, 0.29) is 5.91 Å². The van der Waals surface area contributed by atoms with E-state index in [1.807, 2.05) is 0 Å². The van der Waals surface area contributed by atoms with Crippen LogP contribution in [0.5, 0.6) is 0 Å². The van der Waals surface area contributed by atoms with Crippen LogP contribution in [-0.2, 0) is 14.4 Å². The zero-order valence-corrected chi connectivity index (χ0v) is 13.3. The Morgan fingerprint density at radius 2 is 1.36 bits per heavy atom. The van der Waals surface area contributed by atoms with Gasteiger partial charge in [0.1, 0.15) is 12.1 Å². The SMILES string of the molecule is CC(=O)N[C@@H](CCCCN)C(=O)N[C@@H](CCCCN)C(N)=O. The van der Waals surface area contributed by atoms with Gasteiger partial charge in [-0.1, -0.05) is 0 Å². The van der Waals surface area contributed by atoms with E-state index in [1.165, 1.54) is 6.92 Å². The van der Waals surface area contributed by atoms with Crippen molar-refractivity contribution in [2.24, 2.45) is 17.2 Å². The van der Waals surface area contributed by atoms with Crippen LogP contribution >= 0.6 is 0 Å². The van der Waals surface area contributed by atoms with Gasteiger partial charge in [0.15, 0.2) is 0 Å². The molecule has 0 saturated heterocycles. The van der Waals surface area contributed by atoms with Gasteiger partial charge in [0, 0.05) is 6.92 Å². The first-order valence-electron chi connectivity index (χ1n) is 7.69. The predicted molar refractivity (Wildman–Crippen MR) is 84.5 cm³/mol. The van der Waals surface area contributed by atoms with E-state index >= 15 is 0 Å². The molecule has 8 nitrogen and oxygen atoms in total. The van der Waals surface area contributed by atoms with Gasteiger partial charge in [0.05, 0.1) is 0 Å². The third-order valence-corrected chi connectivity index (χ3v) is 3.25. The number of nitrogens with one attached hydrogen (secondary N) is 2. The third-order valence-electron chi connectivity index (χ3n) is 3.25. The molecule has 0 heterocycles. The van der Waals surface area contributed by atoms with Crippen molar-refractivity contribution in [3.63, 3.8) is 0 Å². The number of hydrogen-bond donors (Lipinski definition) is 5. The van der Waals surface area contributed by atoms with Gasteiger partial charge in [0.25, 0.3) is 0 Å². The number of primary amides is 1. The molecule has 0 spiro atoms. The van der Waals surface area contributed by atoms with Gasteiger partial charge in [-0.15, -0.1) is 0 Å². The Labute approximate surface area is 131 Å². The molecule has 128 valence electrons. The van der Waals surface area contributed by atoms with Crippen molar-refractivity contribution in [2.75, 3.05) is 13.1 Å². The van der Waals surface area contributed by atoms with Crippen LogP contribution in [-0.4, -0.2) is 42.9 Å². The maximum Gasteiger partial charge on any atom is 0.243 e. The highest BCUT2D eigenvalue weighted by Gasteiger charge is 2.24. The maximum atomic E-state index is 12.2. The minimum Gasteiger partial charge on any atom is -0.368 e. The largest absolute Gasteiger partial charge is 0.368 e. The highest BCUT2D eigenvalue weighted by Crippen LogP contribution is 2.04. The van der Waals surface area contributed by atoms with Crippen molar-refractivity contribution in [3.05, 3.63) is 0 Å². The van der Waals surface area contributed by atoms with Crippen molar-refractivity contribution >= 4 is 17.7 Å². The van der Waals surface area contributed by atoms with Crippen LogP contribution in [0.1, 0.15) is 45.4 Å². The van der Waals surface area contributed by atoms with Crippen molar-refractivity contribution in [3.8, 4) is 0 Å². The standard InChI is InChI=1S/C14H29N5O3/c1-10(20)18-12(7-3-5-9-16)14(22)19-11(13(17)21)6-2-4-8-15/h11-12H,2-9,15-16H2,1H3,(H2,17,21)(H,18,20)(H,19,22)/t11-,12-/m0/s1. The van der Waals surface area contributed by atoms with Crippen molar-refractivity contribution < 1.29 is 14.4 Å². The summed E-state index contributed by atoms with van der Waals surface area (Å²) < 4.78 is 0. The Hall–Kier alpha value is -1.67. The Morgan fingerprint density at radius 3 is 1.77 bits per heavy atom. The van der Waals surface area contributed by atoms with E-state index in [0.29, 0.717) is 38.8 Å². The molecule has 0 radical (unpaired) electrons. The average molecular weight is 315 g/mol. The lowest BCUT2D eigenvalue weighted by Crippen LogP contribution is -2.52. The quantitative estimate of drug-likeness (QED) is 0.284. The smallest absolute Gasteiger partial charge is 0.243 e. The zero-order valence-electron chi connectivity index (χ0n) is 13.3. The summed E-state index contributed by atoms with van der Waals surface area (Å²) in [6.07, 6.45) is 3.83. The molecule has 0 aromatic rings. The molecule has 8 N–H and O–H groups in total. The van der Waals surface area contributed by atoms with Crippen LogP contribution in [0.2, 0.25) is 0 Å². The lowest BCUT2D eigenvalue weighted by Gasteiger charge is -2.21. The predicted octanol–water partition coefficient (Wildman–Crippen LogP) is -1.28. The summed E-state index contributed by atoms with van der Waals surface area (Å²) >= 11 is 0. The van der Waals surface area contributed by atoms with Crippen LogP contribution in [0.3, 0.4) is 0 Å². The number of carbonyl (C=O) groups excluding carboxylic acids is 3. The third kappa shape index (κ3) is 9.30. The number of amides is 3. The molecule has 0 aromatic heterocycles. The second-order valence-corrected chi connectivity index (χ2v) is 5.29. The molecule has 0 aromatic carbocycles. The fraction of sp³-hybridized carbons (Fsp3) is 0.786. The first-order chi connectivity index (χ1) is 10.4. The summed E-state index contributed by atoms with van der Waals surface area (Å²) in [6, 6.07) is -1.43. The Balaban J connectivity index is 4.58. The molecule has 0 aliphatic carbocycles. The van der Waals surface area contributed by atoms with E-state index in [4.69, 9.17) is 17.2 Å². The number of unbranched alkanes of at least 4 members (excludes halogenated alkanes) is 2. The van der Waals surface area contributed by atoms with E-state index in [9.17, 15) is 14.4 Å². The Bertz CT molecular complexity index is 362. The van der Waals surface area contributed by atoms with Crippen LogP contribution in [0.4, 0.5) is 0 Å². The van der Waals surface area contributed by atoms with Gasteiger partial charge in [-0.25, -0.2) is 0 Å². The minimum atomic E-state index is -0.746. The average Bonchev–Trinajstić information content (AvgIpc) is 2.44. The Kier molecular flexibility index (Phi) is 11.0. The second kappa shape index (κ2) is 11.9. The van der Waals surface area contributed by atoms with E-state index in [2.05, 4.69) is 10.6 Å². The van der Waals surface area contributed by atoms with E-state index in [1.54, 1.807) is 0 Å². The minimum absolute atomic E-state index is 0.299. The molecule has 2 atom stereocenters. The van der Waals surface area contributed by atoms with Gasteiger partial charge in [-0.2, -0.15) is 0 Å². The molecular formula is C14H29N5O3. The van der Waals surface area contributed by atoms with E-state index in [0.717, 1.165) is 12.8 Å². The maximum absolute atomic E-state index is 12.2.